The fourth-order valence-corrected chi connectivity index (χ4v) is 1.43. The van der Waals surface area contributed by atoms with Crippen LogP contribution in [0.25, 0.3) is 0 Å². The molecule has 0 saturated carbocycles. The number of nitrogens with one attached hydrogen (secondary N) is 1. The molecule has 0 aromatic carbocycles. The second-order valence-corrected chi connectivity index (χ2v) is 3.39. The lowest BCUT2D eigenvalue weighted by Crippen LogP contribution is -1.86. The summed E-state index contributed by atoms with van der Waals surface area (Å²) in [7, 11) is 0. The summed E-state index contributed by atoms with van der Waals surface area (Å²) in [6, 6.07) is 0. The van der Waals surface area contributed by atoms with Crippen LogP contribution in [0.15, 0.2) is 6.20 Å². The van der Waals surface area contributed by atoms with E-state index in [2.05, 4.69) is 23.1 Å². The summed E-state index contributed by atoms with van der Waals surface area (Å²) in [4.78, 5) is 7.58. The maximum atomic E-state index is 4.41. The molecule has 0 fully saturated rings. The lowest BCUT2D eigenvalue weighted by molar-refractivity contribution is 0.853. The van der Waals surface area contributed by atoms with E-state index < -0.39 is 0 Å². The van der Waals surface area contributed by atoms with Gasteiger partial charge >= 0.3 is 0 Å². The average Bonchev–Trinajstić information content (AvgIpc) is 2.38. The quantitative estimate of drug-likeness (QED) is 0.750. The molecule has 1 aromatic rings. The SMILES string of the molecule is CCCc1nc(CSC)c[nH]1. The van der Waals surface area contributed by atoms with Gasteiger partial charge in [-0.15, -0.1) is 0 Å². The summed E-state index contributed by atoms with van der Waals surface area (Å²) in [5.74, 6) is 2.14. The average molecular weight is 170 g/mol. The van der Waals surface area contributed by atoms with Gasteiger partial charge in [-0.25, -0.2) is 4.98 Å². The molecule has 0 saturated heterocycles. The van der Waals surface area contributed by atoms with Crippen LogP contribution in [-0.4, -0.2) is 16.2 Å². The van der Waals surface area contributed by atoms with E-state index in [1.54, 1.807) is 11.8 Å². The van der Waals surface area contributed by atoms with E-state index in [0.29, 0.717) is 0 Å². The Hall–Kier alpha value is -0.440. The van der Waals surface area contributed by atoms with Crippen molar-refractivity contribution in [3.8, 4) is 0 Å². The van der Waals surface area contributed by atoms with E-state index in [0.717, 1.165) is 24.4 Å². The minimum atomic E-state index is 1.01. The third kappa shape index (κ3) is 2.58. The second kappa shape index (κ2) is 4.44. The first-order chi connectivity index (χ1) is 5.36. The number of nitrogens with zero attached hydrogens (tertiary/aromatic N) is 1. The predicted molar refractivity (Wildman–Crippen MR) is 49.8 cm³/mol. The molecule has 0 aliphatic carbocycles. The second-order valence-electron chi connectivity index (χ2n) is 2.52. The molecule has 0 aliphatic heterocycles. The van der Waals surface area contributed by atoms with Gasteiger partial charge in [0, 0.05) is 18.4 Å². The van der Waals surface area contributed by atoms with E-state index in [1.165, 1.54) is 5.69 Å². The van der Waals surface area contributed by atoms with Crippen molar-refractivity contribution in [3.05, 3.63) is 17.7 Å². The van der Waals surface area contributed by atoms with Crippen LogP contribution in [-0.2, 0) is 12.2 Å². The Labute approximate surface area is 71.8 Å². The standard InChI is InChI=1S/C8H14N2S/c1-3-4-8-9-5-7(10-8)6-11-2/h5H,3-4,6H2,1-2H3,(H,9,10). The number of hydrogen-bond acceptors (Lipinski definition) is 2. The van der Waals surface area contributed by atoms with Crippen LogP contribution in [0.3, 0.4) is 0 Å². The summed E-state index contributed by atoms with van der Waals surface area (Å²) >= 11 is 1.80. The lowest BCUT2D eigenvalue weighted by Gasteiger charge is -1.89. The number of rotatable bonds is 4. The van der Waals surface area contributed by atoms with Crippen molar-refractivity contribution < 1.29 is 0 Å². The highest BCUT2D eigenvalue weighted by Crippen LogP contribution is 2.06. The van der Waals surface area contributed by atoms with Crippen molar-refractivity contribution in [2.75, 3.05) is 6.26 Å². The summed E-state index contributed by atoms with van der Waals surface area (Å²) in [5, 5.41) is 0. The summed E-state index contributed by atoms with van der Waals surface area (Å²) in [6.45, 7) is 2.16. The maximum Gasteiger partial charge on any atom is 0.106 e. The van der Waals surface area contributed by atoms with Crippen molar-refractivity contribution in [2.24, 2.45) is 0 Å². The van der Waals surface area contributed by atoms with E-state index in [1.807, 2.05) is 6.20 Å². The summed E-state index contributed by atoms with van der Waals surface area (Å²) in [5.41, 5.74) is 1.17. The van der Waals surface area contributed by atoms with Crippen LogP contribution >= 0.6 is 11.8 Å². The number of imidazole rings is 1. The first-order valence-electron chi connectivity index (χ1n) is 3.89. The number of aromatic amines is 1. The predicted octanol–water partition coefficient (Wildman–Crippen LogP) is 2.23. The van der Waals surface area contributed by atoms with Gasteiger partial charge in [0.05, 0.1) is 5.69 Å². The Morgan fingerprint density at radius 2 is 2.45 bits per heavy atom. The van der Waals surface area contributed by atoms with E-state index in [-0.39, 0.29) is 0 Å². The van der Waals surface area contributed by atoms with Gasteiger partial charge < -0.3 is 4.98 Å². The third-order valence-electron chi connectivity index (χ3n) is 1.46. The van der Waals surface area contributed by atoms with Crippen molar-refractivity contribution in [1.29, 1.82) is 0 Å². The molecular weight excluding hydrogens is 156 g/mol. The van der Waals surface area contributed by atoms with Gasteiger partial charge in [-0.1, -0.05) is 6.92 Å². The Balaban J connectivity index is 2.51. The number of H-pyrrole nitrogens is 1. The van der Waals surface area contributed by atoms with E-state index >= 15 is 0 Å². The van der Waals surface area contributed by atoms with Crippen LogP contribution in [0.1, 0.15) is 24.9 Å². The molecule has 0 aliphatic rings. The topological polar surface area (TPSA) is 28.7 Å². The first-order valence-corrected chi connectivity index (χ1v) is 5.28. The molecule has 1 N–H and O–H groups in total. The van der Waals surface area contributed by atoms with Crippen molar-refractivity contribution in [1.82, 2.24) is 9.97 Å². The lowest BCUT2D eigenvalue weighted by atomic mass is 10.3. The minimum Gasteiger partial charge on any atom is -0.348 e. The molecule has 62 valence electrons. The zero-order valence-corrected chi connectivity index (χ0v) is 7.87. The molecule has 0 atom stereocenters. The van der Waals surface area contributed by atoms with E-state index in [4.69, 9.17) is 0 Å². The van der Waals surface area contributed by atoms with Crippen LogP contribution in [0, 0.1) is 0 Å². The fourth-order valence-electron chi connectivity index (χ4n) is 0.991. The largest absolute Gasteiger partial charge is 0.348 e. The molecule has 1 rings (SSSR count). The van der Waals surface area contributed by atoms with Crippen LogP contribution in [0.2, 0.25) is 0 Å². The number of thioether (sulfide) groups is 1. The van der Waals surface area contributed by atoms with Crippen molar-refractivity contribution >= 4 is 11.8 Å². The maximum absolute atomic E-state index is 4.41. The monoisotopic (exact) mass is 170 g/mol. The Bertz CT molecular complexity index is 187. The molecule has 0 amide bonds. The van der Waals surface area contributed by atoms with Gasteiger partial charge in [0.15, 0.2) is 0 Å². The highest BCUT2D eigenvalue weighted by atomic mass is 32.2. The molecule has 1 aromatic heterocycles. The van der Waals surface area contributed by atoms with Crippen molar-refractivity contribution in [3.63, 3.8) is 0 Å². The van der Waals surface area contributed by atoms with Crippen LogP contribution in [0.5, 0.6) is 0 Å². The smallest absolute Gasteiger partial charge is 0.106 e. The Morgan fingerprint density at radius 3 is 3.09 bits per heavy atom. The van der Waals surface area contributed by atoms with Gasteiger partial charge in [0.2, 0.25) is 0 Å². The molecule has 0 radical (unpaired) electrons. The van der Waals surface area contributed by atoms with Gasteiger partial charge in [-0.05, 0) is 12.7 Å². The van der Waals surface area contributed by atoms with Gasteiger partial charge in [0.1, 0.15) is 5.82 Å². The molecule has 2 nitrogen and oxygen atoms in total. The minimum absolute atomic E-state index is 1.01. The molecule has 11 heavy (non-hydrogen) atoms. The molecule has 0 unspecified atom stereocenters. The zero-order valence-electron chi connectivity index (χ0n) is 7.05. The first kappa shape index (κ1) is 8.65. The fraction of sp³-hybridized carbons (Fsp3) is 0.625. The van der Waals surface area contributed by atoms with Crippen LogP contribution < -0.4 is 0 Å². The van der Waals surface area contributed by atoms with Gasteiger partial charge in [0.25, 0.3) is 0 Å². The van der Waals surface area contributed by atoms with Gasteiger partial charge in [-0.3, -0.25) is 0 Å². The Kier molecular flexibility index (Phi) is 3.49. The van der Waals surface area contributed by atoms with E-state index in [9.17, 15) is 0 Å². The molecule has 0 spiro atoms. The zero-order chi connectivity index (χ0) is 8.10. The third-order valence-corrected chi connectivity index (χ3v) is 2.05. The summed E-state index contributed by atoms with van der Waals surface area (Å²) in [6.07, 6.45) is 6.32. The molecule has 1 heterocycles. The Morgan fingerprint density at radius 1 is 1.64 bits per heavy atom. The number of hydrogen-bond donors (Lipinski definition) is 1. The summed E-state index contributed by atoms with van der Waals surface area (Å²) < 4.78 is 0. The molecular formula is C8H14N2S. The normalized spacial score (nSPS) is 10.4. The highest BCUT2D eigenvalue weighted by Gasteiger charge is 1.97. The number of aromatic nitrogens is 2. The van der Waals surface area contributed by atoms with Crippen LogP contribution in [0.4, 0.5) is 0 Å². The van der Waals surface area contributed by atoms with Gasteiger partial charge in [-0.2, -0.15) is 11.8 Å². The molecule has 3 heteroatoms. The molecule has 0 bridgehead atoms. The van der Waals surface area contributed by atoms with Crippen molar-refractivity contribution in [2.45, 2.75) is 25.5 Å². The number of aryl methyl sites for hydroxylation is 1. The highest BCUT2D eigenvalue weighted by molar-refractivity contribution is 7.97.